The highest BCUT2D eigenvalue weighted by Crippen LogP contribution is 2.45. The van der Waals surface area contributed by atoms with Crippen LogP contribution in [0, 0.1) is 19.8 Å². The minimum absolute atomic E-state index is 0.0778. The number of nitrogens with zero attached hydrogens (tertiary/aromatic N) is 1. The highest BCUT2D eigenvalue weighted by Gasteiger charge is 2.39. The topological polar surface area (TPSA) is 59.3 Å². The zero-order chi connectivity index (χ0) is 12.7. The molecule has 1 saturated carbocycles. The molecule has 1 aliphatic rings. The van der Waals surface area contributed by atoms with Crippen molar-refractivity contribution in [2.75, 3.05) is 0 Å². The Morgan fingerprint density at radius 1 is 1.53 bits per heavy atom. The zero-order valence-electron chi connectivity index (χ0n) is 10.4. The van der Waals surface area contributed by atoms with E-state index in [1.807, 2.05) is 0 Å². The average molecular weight is 235 g/mol. The van der Waals surface area contributed by atoms with Crippen LogP contribution in [0.15, 0.2) is 10.9 Å². The number of aryl methyl sites for hydroxylation is 1. The van der Waals surface area contributed by atoms with E-state index in [1.54, 1.807) is 18.4 Å². The second-order valence-electron chi connectivity index (χ2n) is 4.77. The van der Waals surface area contributed by atoms with Crippen molar-refractivity contribution in [1.29, 1.82) is 0 Å². The van der Waals surface area contributed by atoms with E-state index in [-0.39, 0.29) is 17.2 Å². The number of hydrogen-bond donors (Lipinski definition) is 1. The van der Waals surface area contributed by atoms with E-state index in [0.717, 1.165) is 12.8 Å². The Balaban J connectivity index is 2.57. The summed E-state index contributed by atoms with van der Waals surface area (Å²) >= 11 is 0. The summed E-state index contributed by atoms with van der Waals surface area (Å²) in [6, 6.07) is 1.63. The molecule has 1 heterocycles. The molecule has 4 nitrogen and oxygen atoms in total. The van der Waals surface area contributed by atoms with Crippen LogP contribution in [-0.4, -0.2) is 15.6 Å². The Bertz CT molecular complexity index is 530. The van der Waals surface area contributed by atoms with Gasteiger partial charge in [-0.2, -0.15) is 0 Å². The number of hydrogen-bond acceptors (Lipinski definition) is 2. The minimum atomic E-state index is -0.956. The van der Waals surface area contributed by atoms with Crippen molar-refractivity contribution in [3.05, 3.63) is 33.2 Å². The summed E-state index contributed by atoms with van der Waals surface area (Å²) in [5.41, 5.74) is 1.32. The molecule has 0 radical (unpaired) electrons. The summed E-state index contributed by atoms with van der Waals surface area (Å²) in [5.74, 6) is -0.432. The molecule has 1 N–H and O–H groups in total. The second kappa shape index (κ2) is 4.02. The highest BCUT2D eigenvalue weighted by molar-refractivity contribution is 5.90. The average Bonchev–Trinajstić information content (AvgIpc) is 2.95. The lowest BCUT2D eigenvalue weighted by atomic mass is 10.1. The van der Waals surface area contributed by atoms with Gasteiger partial charge in [0, 0.05) is 17.8 Å². The lowest BCUT2D eigenvalue weighted by Crippen LogP contribution is -2.25. The van der Waals surface area contributed by atoms with Gasteiger partial charge in [-0.1, -0.05) is 13.3 Å². The SMILES string of the molecule is CCC1CC1n1c(C)c(C(=O)O)c(C)cc1=O. The van der Waals surface area contributed by atoms with Crippen LogP contribution in [0.25, 0.3) is 0 Å². The number of pyridine rings is 1. The van der Waals surface area contributed by atoms with Crippen LogP contribution in [0.1, 0.15) is 47.4 Å². The van der Waals surface area contributed by atoms with E-state index < -0.39 is 5.97 Å². The quantitative estimate of drug-likeness (QED) is 0.873. The summed E-state index contributed by atoms with van der Waals surface area (Å²) in [5, 5.41) is 9.17. The molecule has 1 aromatic rings. The van der Waals surface area contributed by atoms with Gasteiger partial charge in [0.05, 0.1) is 5.56 Å². The fraction of sp³-hybridized carbons (Fsp3) is 0.538. The number of carboxylic acids is 1. The number of rotatable bonds is 3. The van der Waals surface area contributed by atoms with Gasteiger partial charge in [-0.05, 0) is 31.7 Å². The maximum atomic E-state index is 11.9. The molecule has 0 saturated heterocycles. The Morgan fingerprint density at radius 2 is 2.18 bits per heavy atom. The van der Waals surface area contributed by atoms with Gasteiger partial charge in [-0.15, -0.1) is 0 Å². The van der Waals surface area contributed by atoms with Gasteiger partial charge in [0.2, 0.25) is 0 Å². The van der Waals surface area contributed by atoms with Crippen LogP contribution in [0.3, 0.4) is 0 Å². The minimum Gasteiger partial charge on any atom is -0.478 e. The van der Waals surface area contributed by atoms with Gasteiger partial charge < -0.3 is 9.67 Å². The van der Waals surface area contributed by atoms with Crippen molar-refractivity contribution in [1.82, 2.24) is 4.57 Å². The van der Waals surface area contributed by atoms with E-state index in [0.29, 0.717) is 17.2 Å². The van der Waals surface area contributed by atoms with Crippen molar-refractivity contribution in [2.45, 2.75) is 39.7 Å². The van der Waals surface area contributed by atoms with Gasteiger partial charge >= 0.3 is 5.97 Å². The highest BCUT2D eigenvalue weighted by atomic mass is 16.4. The Morgan fingerprint density at radius 3 is 2.65 bits per heavy atom. The van der Waals surface area contributed by atoms with Crippen molar-refractivity contribution < 1.29 is 9.90 Å². The molecule has 17 heavy (non-hydrogen) atoms. The largest absolute Gasteiger partial charge is 0.478 e. The summed E-state index contributed by atoms with van der Waals surface area (Å²) in [4.78, 5) is 23.1. The van der Waals surface area contributed by atoms with Crippen LogP contribution in [0.2, 0.25) is 0 Å². The molecule has 1 aromatic heterocycles. The number of carbonyl (C=O) groups is 1. The fourth-order valence-electron chi connectivity index (χ4n) is 2.62. The summed E-state index contributed by atoms with van der Waals surface area (Å²) in [7, 11) is 0. The molecule has 1 aliphatic carbocycles. The molecule has 2 unspecified atom stereocenters. The fourth-order valence-corrected chi connectivity index (χ4v) is 2.62. The maximum absolute atomic E-state index is 11.9. The van der Waals surface area contributed by atoms with Crippen LogP contribution >= 0.6 is 0 Å². The molecule has 0 aliphatic heterocycles. The smallest absolute Gasteiger partial charge is 0.337 e. The third-order valence-corrected chi connectivity index (χ3v) is 3.65. The lowest BCUT2D eigenvalue weighted by molar-refractivity contribution is 0.0694. The van der Waals surface area contributed by atoms with Crippen molar-refractivity contribution in [3.8, 4) is 0 Å². The molecule has 1 fully saturated rings. The van der Waals surface area contributed by atoms with Crippen LogP contribution in [0.5, 0.6) is 0 Å². The molecular formula is C13H17NO3. The zero-order valence-corrected chi connectivity index (χ0v) is 10.4. The van der Waals surface area contributed by atoms with E-state index in [9.17, 15) is 14.7 Å². The summed E-state index contributed by atoms with van der Waals surface area (Å²) in [6.45, 7) is 5.49. The first-order valence-electron chi connectivity index (χ1n) is 5.93. The Labute approximate surface area is 99.9 Å². The van der Waals surface area contributed by atoms with Gasteiger partial charge in [0.15, 0.2) is 0 Å². The monoisotopic (exact) mass is 235 g/mol. The van der Waals surface area contributed by atoms with Gasteiger partial charge in [0.1, 0.15) is 0 Å². The summed E-state index contributed by atoms with van der Waals surface area (Å²) in [6.07, 6.45) is 2.02. The second-order valence-corrected chi connectivity index (χ2v) is 4.77. The first-order valence-corrected chi connectivity index (χ1v) is 5.93. The van der Waals surface area contributed by atoms with Gasteiger partial charge in [0.25, 0.3) is 5.56 Å². The number of aromatic nitrogens is 1. The third kappa shape index (κ3) is 1.88. The standard InChI is InChI=1S/C13H17NO3/c1-4-9-6-10(9)14-8(3)12(13(16)17)7(2)5-11(14)15/h5,9-10H,4,6H2,1-3H3,(H,16,17). The molecule has 2 rings (SSSR count). The molecule has 0 amide bonds. The van der Waals surface area contributed by atoms with Crippen molar-refractivity contribution in [3.63, 3.8) is 0 Å². The molecule has 92 valence electrons. The van der Waals surface area contributed by atoms with E-state index in [1.165, 1.54) is 6.07 Å². The number of carboxylic acid groups (broad SMARTS) is 1. The Hall–Kier alpha value is -1.58. The first-order chi connectivity index (χ1) is 7.97. The number of aromatic carboxylic acids is 1. The molecular weight excluding hydrogens is 218 g/mol. The van der Waals surface area contributed by atoms with Crippen molar-refractivity contribution in [2.24, 2.45) is 5.92 Å². The molecule has 0 bridgehead atoms. The molecule has 0 spiro atoms. The molecule has 0 aromatic carbocycles. The van der Waals surface area contributed by atoms with E-state index in [4.69, 9.17) is 0 Å². The van der Waals surface area contributed by atoms with Gasteiger partial charge in [-0.25, -0.2) is 4.79 Å². The van der Waals surface area contributed by atoms with E-state index >= 15 is 0 Å². The molecule has 4 heteroatoms. The molecule has 2 atom stereocenters. The first kappa shape index (κ1) is 11.9. The maximum Gasteiger partial charge on any atom is 0.337 e. The summed E-state index contributed by atoms with van der Waals surface area (Å²) < 4.78 is 1.66. The van der Waals surface area contributed by atoms with Crippen LogP contribution < -0.4 is 5.56 Å². The van der Waals surface area contributed by atoms with Gasteiger partial charge in [-0.3, -0.25) is 4.79 Å². The van der Waals surface area contributed by atoms with Crippen LogP contribution in [-0.2, 0) is 0 Å². The lowest BCUT2D eigenvalue weighted by Gasteiger charge is -2.13. The van der Waals surface area contributed by atoms with Crippen molar-refractivity contribution >= 4 is 5.97 Å². The van der Waals surface area contributed by atoms with Crippen LogP contribution in [0.4, 0.5) is 0 Å². The van der Waals surface area contributed by atoms with E-state index in [2.05, 4.69) is 6.92 Å². The normalized spacial score (nSPS) is 22.5. The third-order valence-electron chi connectivity index (χ3n) is 3.65. The predicted molar refractivity (Wildman–Crippen MR) is 64.6 cm³/mol. The predicted octanol–water partition coefficient (Wildman–Crippen LogP) is 2.13. The Kier molecular flexibility index (Phi) is 2.81.